The molecule has 3 heteroatoms. The summed E-state index contributed by atoms with van der Waals surface area (Å²) >= 11 is 0. The largest absolute Gasteiger partial charge is 0.497 e. The van der Waals surface area contributed by atoms with Crippen molar-refractivity contribution in [2.75, 3.05) is 7.11 Å². The summed E-state index contributed by atoms with van der Waals surface area (Å²) in [5, 5.41) is 1.12. The fourth-order valence-corrected chi connectivity index (χ4v) is 2.06. The Morgan fingerprint density at radius 3 is 2.81 bits per heavy atom. The number of aryl methyl sites for hydroxylation is 1. The van der Waals surface area contributed by atoms with E-state index in [1.54, 1.807) is 7.11 Å². The Hall–Kier alpha value is -1.77. The van der Waals surface area contributed by atoms with Crippen molar-refractivity contribution in [2.24, 2.45) is 0 Å². The molecule has 0 amide bonds. The van der Waals surface area contributed by atoms with Crippen LogP contribution in [0.3, 0.4) is 0 Å². The van der Waals surface area contributed by atoms with Crippen LogP contribution in [0.1, 0.15) is 12.6 Å². The molecule has 0 spiro atoms. The topological polar surface area (TPSA) is 31.2 Å². The van der Waals surface area contributed by atoms with Crippen LogP contribution in [0, 0.1) is 0 Å². The van der Waals surface area contributed by atoms with E-state index in [2.05, 4.69) is 17.6 Å². The summed E-state index contributed by atoms with van der Waals surface area (Å²) in [6.07, 6.45) is 1.41. The molecule has 0 unspecified atom stereocenters. The molecule has 2 aromatic rings. The van der Waals surface area contributed by atoms with Crippen molar-refractivity contribution >= 4 is 17.2 Å². The van der Waals surface area contributed by atoms with Gasteiger partial charge in [0.1, 0.15) is 12.0 Å². The number of aldehydes is 1. The number of methoxy groups -OCH3 is 1. The maximum absolute atomic E-state index is 10.6. The van der Waals surface area contributed by atoms with Crippen LogP contribution < -0.4 is 4.74 Å². The van der Waals surface area contributed by atoms with E-state index >= 15 is 0 Å². The minimum Gasteiger partial charge on any atom is -0.497 e. The third kappa shape index (κ3) is 1.69. The number of hydrogen-bond acceptors (Lipinski definition) is 2. The maximum Gasteiger partial charge on any atom is 0.125 e. The molecule has 3 nitrogen and oxygen atoms in total. The number of rotatable bonds is 4. The standard InChI is InChI=1S/C13H15NO2/c1-3-14-11(6-7-15)8-10-9-12(16-2)4-5-13(10)14/h4-5,7-9H,3,6H2,1-2H3. The fraction of sp³-hybridized carbons (Fsp3) is 0.308. The number of carbonyl (C=O) groups excluding carboxylic acids is 1. The lowest BCUT2D eigenvalue weighted by Gasteiger charge is -2.05. The summed E-state index contributed by atoms with van der Waals surface area (Å²) in [5.41, 5.74) is 2.21. The van der Waals surface area contributed by atoms with Gasteiger partial charge < -0.3 is 14.1 Å². The molecule has 1 heterocycles. The third-order valence-corrected chi connectivity index (χ3v) is 2.80. The summed E-state index contributed by atoms with van der Waals surface area (Å²) in [7, 11) is 1.66. The average molecular weight is 217 g/mol. The smallest absolute Gasteiger partial charge is 0.125 e. The molecule has 0 fully saturated rings. The fourth-order valence-electron chi connectivity index (χ4n) is 2.06. The molecule has 0 aliphatic carbocycles. The van der Waals surface area contributed by atoms with Crippen molar-refractivity contribution in [1.29, 1.82) is 0 Å². The quantitative estimate of drug-likeness (QED) is 0.736. The number of aromatic nitrogens is 1. The van der Waals surface area contributed by atoms with Gasteiger partial charge in [-0.05, 0) is 31.2 Å². The van der Waals surface area contributed by atoms with Gasteiger partial charge in [-0.25, -0.2) is 0 Å². The first-order valence-electron chi connectivity index (χ1n) is 5.40. The predicted octanol–water partition coefficient (Wildman–Crippen LogP) is 2.41. The molecule has 0 radical (unpaired) electrons. The van der Waals surface area contributed by atoms with E-state index in [4.69, 9.17) is 4.74 Å². The second kappa shape index (κ2) is 4.39. The summed E-state index contributed by atoms with van der Waals surface area (Å²) in [5.74, 6) is 0.846. The van der Waals surface area contributed by atoms with Crippen LogP contribution in [0.25, 0.3) is 10.9 Å². The second-order valence-electron chi connectivity index (χ2n) is 3.68. The van der Waals surface area contributed by atoms with Gasteiger partial charge in [0.2, 0.25) is 0 Å². The molecule has 0 saturated carbocycles. The molecule has 0 N–H and O–H groups in total. The number of ether oxygens (including phenoxy) is 1. The monoisotopic (exact) mass is 217 g/mol. The van der Waals surface area contributed by atoms with Gasteiger partial charge in [0.25, 0.3) is 0 Å². The average Bonchev–Trinajstić information content (AvgIpc) is 2.65. The Kier molecular flexibility index (Phi) is 2.95. The SMILES string of the molecule is CCn1c(CC=O)cc2cc(OC)ccc21. The molecule has 84 valence electrons. The van der Waals surface area contributed by atoms with Crippen LogP contribution in [0.5, 0.6) is 5.75 Å². The van der Waals surface area contributed by atoms with E-state index in [0.717, 1.165) is 35.2 Å². The van der Waals surface area contributed by atoms with Gasteiger partial charge in [0.15, 0.2) is 0 Å². The molecule has 0 atom stereocenters. The zero-order valence-corrected chi connectivity index (χ0v) is 9.56. The number of nitrogens with zero attached hydrogens (tertiary/aromatic N) is 1. The normalized spacial score (nSPS) is 10.6. The van der Waals surface area contributed by atoms with E-state index < -0.39 is 0 Å². The number of benzene rings is 1. The van der Waals surface area contributed by atoms with E-state index in [1.165, 1.54) is 0 Å². The van der Waals surface area contributed by atoms with Crippen LogP contribution in [-0.4, -0.2) is 18.0 Å². The van der Waals surface area contributed by atoms with Gasteiger partial charge in [-0.15, -0.1) is 0 Å². The van der Waals surface area contributed by atoms with Gasteiger partial charge in [0, 0.05) is 29.6 Å². The second-order valence-corrected chi connectivity index (χ2v) is 3.68. The molecule has 0 bridgehead atoms. The van der Waals surface area contributed by atoms with Gasteiger partial charge in [-0.1, -0.05) is 0 Å². The molecule has 0 aliphatic heterocycles. The zero-order valence-electron chi connectivity index (χ0n) is 9.56. The van der Waals surface area contributed by atoms with Crippen LogP contribution in [0.2, 0.25) is 0 Å². The van der Waals surface area contributed by atoms with E-state index in [9.17, 15) is 4.79 Å². The van der Waals surface area contributed by atoms with Crippen molar-refractivity contribution in [3.8, 4) is 5.75 Å². The molecule has 1 aromatic heterocycles. The first kappa shape index (κ1) is 10.7. The lowest BCUT2D eigenvalue weighted by Crippen LogP contribution is -2.00. The highest BCUT2D eigenvalue weighted by Crippen LogP contribution is 2.24. The molecule has 0 aliphatic rings. The molecule has 1 aromatic carbocycles. The minimum absolute atomic E-state index is 0.463. The Morgan fingerprint density at radius 2 is 2.19 bits per heavy atom. The summed E-state index contributed by atoms with van der Waals surface area (Å²) in [6, 6.07) is 8.02. The first-order valence-corrected chi connectivity index (χ1v) is 5.40. The highest BCUT2D eigenvalue weighted by molar-refractivity contribution is 5.83. The third-order valence-electron chi connectivity index (χ3n) is 2.80. The highest BCUT2D eigenvalue weighted by Gasteiger charge is 2.07. The minimum atomic E-state index is 0.463. The Bertz CT molecular complexity index is 514. The molecule has 2 rings (SSSR count). The first-order chi connectivity index (χ1) is 7.80. The van der Waals surface area contributed by atoms with Crippen molar-refractivity contribution < 1.29 is 9.53 Å². The molecular formula is C13H15NO2. The lowest BCUT2D eigenvalue weighted by molar-refractivity contribution is -0.107. The van der Waals surface area contributed by atoms with E-state index in [-0.39, 0.29) is 0 Å². The van der Waals surface area contributed by atoms with Gasteiger partial charge in [0.05, 0.1) is 7.11 Å². The predicted molar refractivity (Wildman–Crippen MR) is 63.9 cm³/mol. The zero-order chi connectivity index (χ0) is 11.5. The molecular weight excluding hydrogens is 202 g/mol. The van der Waals surface area contributed by atoms with Gasteiger partial charge in [-0.2, -0.15) is 0 Å². The number of hydrogen-bond donors (Lipinski definition) is 0. The van der Waals surface area contributed by atoms with Crippen molar-refractivity contribution in [3.05, 3.63) is 30.0 Å². The summed E-state index contributed by atoms with van der Waals surface area (Å²) < 4.78 is 7.34. The van der Waals surface area contributed by atoms with E-state index in [0.29, 0.717) is 6.42 Å². The van der Waals surface area contributed by atoms with Crippen LogP contribution >= 0.6 is 0 Å². The van der Waals surface area contributed by atoms with Gasteiger partial charge in [-0.3, -0.25) is 0 Å². The van der Waals surface area contributed by atoms with Crippen molar-refractivity contribution in [2.45, 2.75) is 19.9 Å². The Labute approximate surface area is 94.6 Å². The summed E-state index contributed by atoms with van der Waals surface area (Å²) in [6.45, 7) is 2.96. The lowest BCUT2D eigenvalue weighted by atomic mass is 10.2. The Morgan fingerprint density at radius 1 is 1.38 bits per heavy atom. The Balaban J connectivity index is 2.61. The molecule has 0 saturated heterocycles. The highest BCUT2D eigenvalue weighted by atomic mass is 16.5. The van der Waals surface area contributed by atoms with Gasteiger partial charge >= 0.3 is 0 Å². The van der Waals surface area contributed by atoms with E-state index in [1.807, 2.05) is 18.2 Å². The van der Waals surface area contributed by atoms with Crippen LogP contribution in [-0.2, 0) is 17.8 Å². The van der Waals surface area contributed by atoms with Crippen molar-refractivity contribution in [1.82, 2.24) is 4.57 Å². The number of fused-ring (bicyclic) bond motifs is 1. The van der Waals surface area contributed by atoms with Crippen molar-refractivity contribution in [3.63, 3.8) is 0 Å². The molecule has 16 heavy (non-hydrogen) atoms. The summed E-state index contributed by atoms with van der Waals surface area (Å²) in [4.78, 5) is 10.6. The number of carbonyl (C=O) groups is 1. The van der Waals surface area contributed by atoms with Crippen LogP contribution in [0.15, 0.2) is 24.3 Å². The maximum atomic E-state index is 10.6. The van der Waals surface area contributed by atoms with Crippen LogP contribution in [0.4, 0.5) is 0 Å².